The summed E-state index contributed by atoms with van der Waals surface area (Å²) in [6.45, 7) is 7.49. The number of rotatable bonds is 5. The zero-order valence-corrected chi connectivity index (χ0v) is 12.5. The molecule has 0 spiro atoms. The standard InChI is InChI=1S/C15H18FNO3S/c1-3-5-7-12-11-17(10-4-2)21(18,19)15-13(16)8-6-9-14(15)20-12/h3-4,6,8-9,12H,1-2,5,7,10-11H2. The van der Waals surface area contributed by atoms with Crippen LogP contribution in [0.1, 0.15) is 12.8 Å². The van der Waals surface area contributed by atoms with Gasteiger partial charge in [0.15, 0.2) is 4.90 Å². The Labute approximate surface area is 124 Å². The molecule has 0 radical (unpaired) electrons. The molecule has 0 saturated carbocycles. The summed E-state index contributed by atoms with van der Waals surface area (Å²) in [6, 6.07) is 4.04. The molecule has 21 heavy (non-hydrogen) atoms. The molecule has 1 unspecified atom stereocenters. The number of nitrogens with zero attached hydrogens (tertiary/aromatic N) is 1. The average Bonchev–Trinajstić information content (AvgIpc) is 2.53. The first-order chi connectivity index (χ1) is 10.0. The summed E-state index contributed by atoms with van der Waals surface area (Å²) in [4.78, 5) is -0.395. The van der Waals surface area contributed by atoms with E-state index in [9.17, 15) is 12.8 Å². The third-order valence-corrected chi connectivity index (χ3v) is 5.15. The highest BCUT2D eigenvalue weighted by Crippen LogP contribution is 2.33. The Kier molecular flexibility index (Phi) is 4.80. The fraction of sp³-hybridized carbons (Fsp3) is 0.333. The third kappa shape index (κ3) is 3.16. The zero-order valence-electron chi connectivity index (χ0n) is 11.7. The number of allylic oxidation sites excluding steroid dienone is 1. The Balaban J connectivity index is 2.50. The molecule has 0 fully saturated rings. The molecule has 2 rings (SSSR count). The minimum Gasteiger partial charge on any atom is -0.488 e. The van der Waals surface area contributed by atoms with Crippen LogP contribution in [-0.2, 0) is 10.0 Å². The maximum Gasteiger partial charge on any atom is 0.250 e. The first kappa shape index (κ1) is 15.7. The van der Waals surface area contributed by atoms with Crippen molar-refractivity contribution >= 4 is 10.0 Å². The van der Waals surface area contributed by atoms with Gasteiger partial charge in [-0.05, 0) is 25.0 Å². The van der Waals surface area contributed by atoms with Crippen LogP contribution in [0.3, 0.4) is 0 Å². The van der Waals surface area contributed by atoms with E-state index in [0.717, 1.165) is 6.07 Å². The van der Waals surface area contributed by atoms with Gasteiger partial charge in [0.2, 0.25) is 10.0 Å². The summed E-state index contributed by atoms with van der Waals surface area (Å²) in [5.74, 6) is -0.735. The van der Waals surface area contributed by atoms with Gasteiger partial charge in [-0.25, -0.2) is 12.8 Å². The molecule has 0 saturated heterocycles. The summed E-state index contributed by atoms with van der Waals surface area (Å²) in [7, 11) is -3.93. The Morgan fingerprint density at radius 3 is 2.81 bits per heavy atom. The lowest BCUT2D eigenvalue weighted by atomic mass is 10.2. The summed E-state index contributed by atoms with van der Waals surface area (Å²) in [6.07, 6.45) is 4.18. The van der Waals surface area contributed by atoms with Gasteiger partial charge in [0.05, 0.1) is 6.54 Å². The van der Waals surface area contributed by atoms with Crippen LogP contribution in [0.4, 0.5) is 4.39 Å². The highest BCUT2D eigenvalue weighted by atomic mass is 32.2. The molecule has 1 aromatic carbocycles. The number of sulfonamides is 1. The molecule has 0 N–H and O–H groups in total. The van der Waals surface area contributed by atoms with Gasteiger partial charge in [-0.15, -0.1) is 13.2 Å². The van der Waals surface area contributed by atoms with Gasteiger partial charge in [0, 0.05) is 6.54 Å². The van der Waals surface area contributed by atoms with Gasteiger partial charge in [0.25, 0.3) is 0 Å². The molecule has 1 aromatic rings. The van der Waals surface area contributed by atoms with Gasteiger partial charge in [-0.2, -0.15) is 4.31 Å². The van der Waals surface area contributed by atoms with Gasteiger partial charge < -0.3 is 4.74 Å². The molecule has 0 bridgehead atoms. The largest absolute Gasteiger partial charge is 0.488 e. The molecule has 0 amide bonds. The fourth-order valence-corrected chi connectivity index (χ4v) is 3.88. The van der Waals surface area contributed by atoms with Crippen LogP contribution in [0.2, 0.25) is 0 Å². The SMILES string of the molecule is C=CCCC1CN(CC=C)S(=O)(=O)c2c(F)cccc2O1. The van der Waals surface area contributed by atoms with E-state index in [4.69, 9.17) is 4.74 Å². The normalized spacial score (nSPS) is 20.9. The molecule has 1 aliphatic rings. The average molecular weight is 311 g/mol. The minimum absolute atomic E-state index is 0.0654. The maximum absolute atomic E-state index is 14.0. The van der Waals surface area contributed by atoms with Crippen molar-refractivity contribution in [1.82, 2.24) is 4.31 Å². The lowest BCUT2D eigenvalue weighted by Gasteiger charge is -2.21. The quantitative estimate of drug-likeness (QED) is 0.786. The second kappa shape index (κ2) is 6.41. The van der Waals surface area contributed by atoms with Crippen molar-refractivity contribution in [2.24, 2.45) is 0 Å². The van der Waals surface area contributed by atoms with E-state index in [-0.39, 0.29) is 24.9 Å². The van der Waals surface area contributed by atoms with Crippen molar-refractivity contribution in [3.63, 3.8) is 0 Å². The molecule has 1 aliphatic heterocycles. The van der Waals surface area contributed by atoms with E-state index in [0.29, 0.717) is 12.8 Å². The smallest absolute Gasteiger partial charge is 0.250 e. The first-order valence-electron chi connectivity index (χ1n) is 6.67. The van der Waals surface area contributed by atoms with Crippen LogP contribution in [0, 0.1) is 5.82 Å². The van der Waals surface area contributed by atoms with Crippen LogP contribution < -0.4 is 4.74 Å². The summed E-state index contributed by atoms with van der Waals surface area (Å²) in [5, 5.41) is 0. The molecule has 4 nitrogen and oxygen atoms in total. The number of fused-ring (bicyclic) bond motifs is 1. The van der Waals surface area contributed by atoms with E-state index in [1.54, 1.807) is 6.08 Å². The third-order valence-electron chi connectivity index (χ3n) is 3.26. The molecule has 0 aliphatic carbocycles. The van der Waals surface area contributed by atoms with E-state index in [1.165, 1.54) is 22.5 Å². The topological polar surface area (TPSA) is 46.6 Å². The second-order valence-corrected chi connectivity index (χ2v) is 6.66. The first-order valence-corrected chi connectivity index (χ1v) is 8.11. The van der Waals surface area contributed by atoms with Crippen LogP contribution in [0.15, 0.2) is 48.4 Å². The minimum atomic E-state index is -3.93. The summed E-state index contributed by atoms with van der Waals surface area (Å²) >= 11 is 0. The van der Waals surface area contributed by atoms with Crippen LogP contribution >= 0.6 is 0 Å². The number of halogens is 1. The number of hydrogen-bond acceptors (Lipinski definition) is 3. The van der Waals surface area contributed by atoms with E-state index < -0.39 is 20.7 Å². The number of hydrogen-bond donors (Lipinski definition) is 0. The Morgan fingerprint density at radius 1 is 1.38 bits per heavy atom. The summed E-state index contributed by atoms with van der Waals surface area (Å²) < 4.78 is 46.1. The number of ether oxygens (including phenoxy) is 1. The van der Waals surface area contributed by atoms with Crippen LogP contribution in [0.25, 0.3) is 0 Å². The lowest BCUT2D eigenvalue weighted by molar-refractivity contribution is 0.168. The molecule has 1 heterocycles. The van der Waals surface area contributed by atoms with Crippen molar-refractivity contribution in [2.45, 2.75) is 23.8 Å². The van der Waals surface area contributed by atoms with Gasteiger partial charge >= 0.3 is 0 Å². The van der Waals surface area contributed by atoms with E-state index >= 15 is 0 Å². The van der Waals surface area contributed by atoms with Crippen molar-refractivity contribution in [3.8, 4) is 5.75 Å². The number of benzene rings is 1. The molecular formula is C15H18FNO3S. The van der Waals surface area contributed by atoms with Crippen molar-refractivity contribution in [3.05, 3.63) is 49.3 Å². The van der Waals surface area contributed by atoms with Gasteiger partial charge in [0.1, 0.15) is 17.7 Å². The van der Waals surface area contributed by atoms with Gasteiger partial charge in [-0.1, -0.05) is 18.2 Å². The summed E-state index contributed by atoms with van der Waals surface area (Å²) in [5.41, 5.74) is 0. The van der Waals surface area contributed by atoms with Crippen LogP contribution in [0.5, 0.6) is 5.75 Å². The Bertz CT molecular complexity index is 642. The predicted molar refractivity (Wildman–Crippen MR) is 79.2 cm³/mol. The molecule has 1 atom stereocenters. The monoisotopic (exact) mass is 311 g/mol. The maximum atomic E-state index is 14.0. The molecule has 114 valence electrons. The highest BCUT2D eigenvalue weighted by molar-refractivity contribution is 7.89. The molecular weight excluding hydrogens is 293 g/mol. The van der Waals surface area contributed by atoms with Gasteiger partial charge in [-0.3, -0.25) is 0 Å². The Morgan fingerprint density at radius 2 is 2.14 bits per heavy atom. The van der Waals surface area contributed by atoms with E-state index in [2.05, 4.69) is 13.2 Å². The van der Waals surface area contributed by atoms with Crippen molar-refractivity contribution in [2.75, 3.05) is 13.1 Å². The molecule has 6 heteroatoms. The lowest BCUT2D eigenvalue weighted by Crippen LogP contribution is -2.37. The Hall–Kier alpha value is -1.66. The van der Waals surface area contributed by atoms with Crippen LogP contribution in [-0.4, -0.2) is 31.9 Å². The van der Waals surface area contributed by atoms with Crippen molar-refractivity contribution < 1.29 is 17.5 Å². The fourth-order valence-electron chi connectivity index (χ4n) is 2.27. The zero-order chi connectivity index (χ0) is 15.5. The van der Waals surface area contributed by atoms with Crippen molar-refractivity contribution in [1.29, 1.82) is 0 Å². The predicted octanol–water partition coefficient (Wildman–Crippen LogP) is 2.73. The highest BCUT2D eigenvalue weighted by Gasteiger charge is 2.36. The second-order valence-electron chi connectivity index (χ2n) is 4.78. The molecule has 0 aromatic heterocycles. The van der Waals surface area contributed by atoms with E-state index in [1.807, 2.05) is 0 Å².